The maximum absolute atomic E-state index is 14.3. The van der Waals surface area contributed by atoms with Crippen molar-refractivity contribution in [1.29, 1.82) is 0 Å². The highest BCUT2D eigenvalue weighted by Gasteiger charge is 2.32. The Kier molecular flexibility index (Phi) is 8.56. The lowest BCUT2D eigenvalue weighted by Gasteiger charge is -2.32. The van der Waals surface area contributed by atoms with E-state index in [-0.39, 0.29) is 18.1 Å². The highest BCUT2D eigenvalue weighted by Crippen LogP contribution is 2.22. The fourth-order valence-electron chi connectivity index (χ4n) is 3.24. The van der Waals surface area contributed by atoms with Crippen molar-refractivity contribution in [3.63, 3.8) is 0 Å². The summed E-state index contributed by atoms with van der Waals surface area (Å²) in [5, 5.41) is 2.72. The van der Waals surface area contributed by atoms with E-state index in [1.54, 1.807) is 13.8 Å². The summed E-state index contributed by atoms with van der Waals surface area (Å²) < 4.78 is 39.8. The van der Waals surface area contributed by atoms with Gasteiger partial charge >= 0.3 is 0 Å². The Balaban J connectivity index is 2.42. The van der Waals surface area contributed by atoms with E-state index in [1.807, 2.05) is 30.3 Å². The number of benzene rings is 2. The summed E-state index contributed by atoms with van der Waals surface area (Å²) in [6.07, 6.45) is 1.25. The molecule has 31 heavy (non-hydrogen) atoms. The average molecular weight is 450 g/mol. The van der Waals surface area contributed by atoms with E-state index in [0.717, 1.165) is 22.2 Å². The molecular formula is C22H28FN3O4S. The Labute approximate surface area is 182 Å². The standard InChI is InChI=1S/C22H28FN3O4S/c1-4-19(22(28)24-5-2)25(15-17-11-7-6-8-12-17)21(27)16-26(31(3,29)30)20-14-10-9-13-18(20)23/h6-14,19H,4-5,15-16H2,1-3H3,(H,24,28). The Hall–Kier alpha value is -2.94. The molecule has 7 nitrogen and oxygen atoms in total. The molecule has 2 rings (SSSR count). The maximum Gasteiger partial charge on any atom is 0.244 e. The first-order chi connectivity index (χ1) is 14.7. The number of sulfonamides is 1. The minimum atomic E-state index is -3.96. The van der Waals surface area contributed by atoms with Crippen LogP contribution in [0.5, 0.6) is 0 Å². The molecule has 0 heterocycles. The zero-order chi connectivity index (χ0) is 23.0. The molecule has 0 aromatic heterocycles. The van der Waals surface area contributed by atoms with E-state index in [9.17, 15) is 22.4 Å². The molecule has 2 aromatic carbocycles. The Morgan fingerprint density at radius 3 is 2.19 bits per heavy atom. The van der Waals surface area contributed by atoms with Gasteiger partial charge in [0, 0.05) is 13.1 Å². The molecule has 2 amide bonds. The lowest BCUT2D eigenvalue weighted by molar-refractivity contribution is -0.140. The summed E-state index contributed by atoms with van der Waals surface area (Å²) in [5.74, 6) is -1.69. The quantitative estimate of drug-likeness (QED) is 0.604. The normalized spacial score (nSPS) is 12.1. The molecular weight excluding hydrogens is 421 g/mol. The molecule has 0 bridgehead atoms. The van der Waals surface area contributed by atoms with Gasteiger partial charge in [-0.1, -0.05) is 49.4 Å². The van der Waals surface area contributed by atoms with Gasteiger partial charge in [-0.15, -0.1) is 0 Å². The van der Waals surface area contributed by atoms with Crippen LogP contribution in [0.1, 0.15) is 25.8 Å². The van der Waals surface area contributed by atoms with Crippen molar-refractivity contribution in [1.82, 2.24) is 10.2 Å². The summed E-state index contributed by atoms with van der Waals surface area (Å²) in [7, 11) is -3.96. The number of anilines is 1. The Bertz CT molecular complexity index is 999. The minimum absolute atomic E-state index is 0.115. The van der Waals surface area contributed by atoms with Crippen molar-refractivity contribution in [2.24, 2.45) is 0 Å². The van der Waals surface area contributed by atoms with Crippen molar-refractivity contribution < 1.29 is 22.4 Å². The van der Waals surface area contributed by atoms with Gasteiger partial charge in [0.05, 0.1) is 11.9 Å². The number of carbonyl (C=O) groups excluding carboxylic acids is 2. The van der Waals surface area contributed by atoms with Crippen molar-refractivity contribution in [2.75, 3.05) is 23.7 Å². The third-order valence-corrected chi connectivity index (χ3v) is 5.86. The largest absolute Gasteiger partial charge is 0.355 e. The van der Waals surface area contributed by atoms with Gasteiger partial charge in [0.25, 0.3) is 0 Å². The second kappa shape index (κ2) is 10.9. The van der Waals surface area contributed by atoms with Crippen molar-refractivity contribution in [3.05, 3.63) is 66.0 Å². The number of hydrogen-bond donors (Lipinski definition) is 1. The molecule has 1 atom stereocenters. The Morgan fingerprint density at radius 1 is 1.03 bits per heavy atom. The average Bonchev–Trinajstić information content (AvgIpc) is 2.72. The molecule has 0 fully saturated rings. The number of hydrogen-bond acceptors (Lipinski definition) is 4. The van der Waals surface area contributed by atoms with E-state index in [4.69, 9.17) is 0 Å². The molecule has 0 saturated carbocycles. The van der Waals surface area contributed by atoms with Crippen LogP contribution in [0, 0.1) is 5.82 Å². The van der Waals surface area contributed by atoms with Crippen LogP contribution >= 0.6 is 0 Å². The van der Waals surface area contributed by atoms with E-state index >= 15 is 0 Å². The van der Waals surface area contributed by atoms with Crippen LogP contribution in [0.4, 0.5) is 10.1 Å². The third-order valence-electron chi connectivity index (χ3n) is 4.73. The van der Waals surface area contributed by atoms with Crippen LogP contribution in [0.2, 0.25) is 0 Å². The minimum Gasteiger partial charge on any atom is -0.355 e. The number of nitrogens with zero attached hydrogens (tertiary/aromatic N) is 2. The van der Waals surface area contributed by atoms with Gasteiger partial charge in [-0.25, -0.2) is 12.8 Å². The first-order valence-corrected chi connectivity index (χ1v) is 11.9. The van der Waals surface area contributed by atoms with Crippen LogP contribution in [0.25, 0.3) is 0 Å². The van der Waals surface area contributed by atoms with E-state index in [1.165, 1.54) is 23.1 Å². The summed E-state index contributed by atoms with van der Waals surface area (Å²) in [5.41, 5.74) is 0.569. The molecule has 0 spiro atoms. The van der Waals surface area contributed by atoms with Crippen molar-refractivity contribution >= 4 is 27.5 Å². The van der Waals surface area contributed by atoms with Crippen LogP contribution in [0.15, 0.2) is 54.6 Å². The highest BCUT2D eigenvalue weighted by molar-refractivity contribution is 7.92. The van der Waals surface area contributed by atoms with Gasteiger partial charge in [-0.05, 0) is 31.0 Å². The smallest absolute Gasteiger partial charge is 0.244 e. The molecule has 1 N–H and O–H groups in total. The van der Waals surface area contributed by atoms with Gasteiger partial charge in [0.15, 0.2) is 0 Å². The second-order valence-corrected chi connectivity index (χ2v) is 8.95. The maximum atomic E-state index is 14.3. The number of nitrogens with one attached hydrogen (secondary N) is 1. The predicted octanol–water partition coefficient (Wildman–Crippen LogP) is 2.54. The second-order valence-electron chi connectivity index (χ2n) is 7.05. The monoisotopic (exact) mass is 449 g/mol. The summed E-state index contributed by atoms with van der Waals surface area (Å²) in [6, 6.07) is 13.6. The fraction of sp³-hybridized carbons (Fsp3) is 0.364. The molecule has 0 radical (unpaired) electrons. The lowest BCUT2D eigenvalue weighted by atomic mass is 10.1. The van der Waals surface area contributed by atoms with Gasteiger partial charge in [0.1, 0.15) is 18.4 Å². The summed E-state index contributed by atoms with van der Waals surface area (Å²) in [4.78, 5) is 27.3. The molecule has 1 unspecified atom stereocenters. The number of likely N-dealkylation sites (N-methyl/N-ethyl adjacent to an activating group) is 1. The van der Waals surface area contributed by atoms with Crippen LogP contribution in [-0.2, 0) is 26.2 Å². The molecule has 0 saturated heterocycles. The van der Waals surface area contributed by atoms with Crippen LogP contribution in [-0.4, -0.2) is 50.5 Å². The summed E-state index contributed by atoms with van der Waals surface area (Å²) >= 11 is 0. The number of amides is 2. The lowest BCUT2D eigenvalue weighted by Crippen LogP contribution is -2.52. The van der Waals surface area contributed by atoms with Gasteiger partial charge in [-0.3, -0.25) is 13.9 Å². The first-order valence-electron chi connectivity index (χ1n) is 10.0. The zero-order valence-corrected chi connectivity index (χ0v) is 18.7. The molecule has 0 aliphatic heterocycles. The molecule has 9 heteroatoms. The number of carbonyl (C=O) groups is 2. The molecule has 168 valence electrons. The number of para-hydroxylation sites is 1. The summed E-state index contributed by atoms with van der Waals surface area (Å²) in [6.45, 7) is 3.44. The van der Waals surface area contributed by atoms with Crippen molar-refractivity contribution in [2.45, 2.75) is 32.9 Å². The Morgan fingerprint density at radius 2 is 1.65 bits per heavy atom. The van der Waals surface area contributed by atoms with E-state index in [2.05, 4.69) is 5.32 Å². The molecule has 2 aromatic rings. The van der Waals surface area contributed by atoms with Crippen LogP contribution < -0.4 is 9.62 Å². The van der Waals surface area contributed by atoms with Gasteiger partial charge < -0.3 is 10.2 Å². The van der Waals surface area contributed by atoms with Crippen LogP contribution in [0.3, 0.4) is 0 Å². The molecule has 0 aliphatic carbocycles. The fourth-order valence-corrected chi connectivity index (χ4v) is 4.09. The van der Waals surface area contributed by atoms with E-state index < -0.39 is 34.3 Å². The topological polar surface area (TPSA) is 86.8 Å². The third kappa shape index (κ3) is 6.52. The highest BCUT2D eigenvalue weighted by atomic mass is 32.2. The zero-order valence-electron chi connectivity index (χ0n) is 17.9. The molecule has 0 aliphatic rings. The van der Waals surface area contributed by atoms with Gasteiger partial charge in [0.2, 0.25) is 21.8 Å². The SMILES string of the molecule is CCNC(=O)C(CC)N(Cc1ccccc1)C(=O)CN(c1ccccc1F)S(C)(=O)=O. The number of halogens is 1. The number of rotatable bonds is 10. The van der Waals surface area contributed by atoms with Gasteiger partial charge in [-0.2, -0.15) is 0 Å². The first kappa shape index (κ1) is 24.3. The van der Waals surface area contributed by atoms with Crippen molar-refractivity contribution in [3.8, 4) is 0 Å². The van der Waals surface area contributed by atoms with E-state index in [0.29, 0.717) is 13.0 Å². The predicted molar refractivity (Wildman–Crippen MR) is 118 cm³/mol.